The van der Waals surface area contributed by atoms with Gasteiger partial charge in [0.05, 0.1) is 23.9 Å². The molecule has 2 N–H and O–H groups in total. The molecule has 0 radical (unpaired) electrons. The fourth-order valence-corrected chi connectivity index (χ4v) is 3.94. The Labute approximate surface area is 266 Å². The van der Waals surface area contributed by atoms with Gasteiger partial charge in [-0.2, -0.15) is 23.5 Å². The molecule has 4 rings (SSSR count). The van der Waals surface area contributed by atoms with Gasteiger partial charge < -0.3 is 12.6 Å². The van der Waals surface area contributed by atoms with E-state index in [1.165, 1.54) is 29.2 Å². The Morgan fingerprint density at radius 1 is 1.21 bits per heavy atom. The molecule has 12 nitrogen and oxygen atoms in total. The molecule has 3 aromatic heterocycles. The second-order valence-corrected chi connectivity index (χ2v) is 9.15. The van der Waals surface area contributed by atoms with Crippen LogP contribution in [0.4, 0.5) is 13.2 Å². The van der Waals surface area contributed by atoms with Crippen molar-refractivity contribution in [3.8, 4) is 17.5 Å². The fourth-order valence-electron chi connectivity index (χ4n) is 3.68. The van der Waals surface area contributed by atoms with Crippen LogP contribution in [-0.2, 0) is 35.1 Å². The normalized spacial score (nSPS) is 11.6. The molecule has 0 amide bonds. The summed E-state index contributed by atoms with van der Waals surface area (Å²) in [5, 5.41) is 13.6. The molecule has 0 aliphatic rings. The average molecular weight is 585 g/mol. The number of hydrogen-bond donors (Lipinski definition) is 2. The van der Waals surface area contributed by atoms with Gasteiger partial charge in [-0.25, -0.2) is 14.5 Å². The van der Waals surface area contributed by atoms with Gasteiger partial charge in [-0.15, -0.1) is 0 Å². The number of halogens is 3. The fraction of sp³-hybridized carbons (Fsp3) is 0.286. The summed E-state index contributed by atoms with van der Waals surface area (Å²) in [7, 11) is -4.94. The molecule has 0 saturated heterocycles. The number of aromatic nitrogens is 6. The third-order valence-corrected chi connectivity index (χ3v) is 5.70. The van der Waals surface area contributed by atoms with Crippen LogP contribution in [0.2, 0.25) is 0 Å². The van der Waals surface area contributed by atoms with Crippen molar-refractivity contribution >= 4 is 19.0 Å². The van der Waals surface area contributed by atoms with Gasteiger partial charge in [-0.3, -0.25) is 23.1 Å². The van der Waals surface area contributed by atoms with E-state index < -0.39 is 31.9 Å². The van der Waals surface area contributed by atoms with Gasteiger partial charge in [-0.05, 0) is 24.1 Å². The minimum atomic E-state index is -4.94. The summed E-state index contributed by atoms with van der Waals surface area (Å²) in [5.41, 5.74) is -1.15. The van der Waals surface area contributed by atoms with Crippen molar-refractivity contribution in [3.63, 3.8) is 0 Å². The molecule has 1 aromatic carbocycles. The molecule has 0 aliphatic carbocycles. The summed E-state index contributed by atoms with van der Waals surface area (Å²) in [4.78, 5) is 39.9. The van der Waals surface area contributed by atoms with E-state index in [4.69, 9.17) is 0 Å². The third-order valence-electron chi connectivity index (χ3n) is 5.25. The van der Waals surface area contributed by atoms with Crippen LogP contribution in [0.25, 0.3) is 22.6 Å². The standard InChI is InChI=1S/C21H19F3N7O5P.2Na.2H/c1-2-6-30-16(8-25)27-19-17(20(30)32)28-18(31(19)12-36-37(33,34)35)14-9-26-29(11-14)10-13-4-3-5-15(7-13)21(22,23)24;;;;/h3-5,7,9,11H,2,6,10,12H2,1H3,(H2,33,34,35);;;;/q;2*+1;2*-1. The van der Waals surface area contributed by atoms with Gasteiger partial charge in [0, 0.05) is 12.7 Å². The van der Waals surface area contributed by atoms with E-state index in [0.29, 0.717) is 12.0 Å². The van der Waals surface area contributed by atoms with Crippen molar-refractivity contribution in [1.82, 2.24) is 28.9 Å². The Kier molecular flexibility index (Phi) is 11.3. The van der Waals surface area contributed by atoms with Crippen LogP contribution in [0, 0.1) is 11.3 Å². The van der Waals surface area contributed by atoms with E-state index in [9.17, 15) is 37.6 Å². The summed E-state index contributed by atoms with van der Waals surface area (Å²) in [6.07, 6.45) is -1.22. The summed E-state index contributed by atoms with van der Waals surface area (Å²) >= 11 is 0. The average Bonchev–Trinajstić information content (AvgIpc) is 3.43. The number of alkyl halides is 3. The molecule has 0 fully saturated rings. The molecule has 0 bridgehead atoms. The van der Waals surface area contributed by atoms with Crippen molar-refractivity contribution in [3.05, 3.63) is 64.0 Å². The van der Waals surface area contributed by atoms with Gasteiger partial charge >= 0.3 is 73.1 Å². The topological polar surface area (TPSA) is 161 Å². The molecular formula is C21H21F3N7Na2O5P. The molecular weight excluding hydrogens is 564 g/mol. The van der Waals surface area contributed by atoms with Crippen LogP contribution in [0.5, 0.6) is 0 Å². The van der Waals surface area contributed by atoms with Gasteiger partial charge in [0.15, 0.2) is 11.2 Å². The van der Waals surface area contributed by atoms with E-state index >= 15 is 0 Å². The first kappa shape index (κ1) is 33.4. The van der Waals surface area contributed by atoms with E-state index in [-0.39, 0.29) is 103 Å². The van der Waals surface area contributed by atoms with E-state index in [2.05, 4.69) is 19.6 Å². The summed E-state index contributed by atoms with van der Waals surface area (Å²) in [6, 6.07) is 6.56. The number of imidazole rings is 1. The second kappa shape index (κ2) is 13.2. The number of phosphoric ester groups is 1. The Morgan fingerprint density at radius 3 is 2.54 bits per heavy atom. The largest absolute Gasteiger partial charge is 1.00 e. The molecule has 39 heavy (non-hydrogen) atoms. The zero-order chi connectivity index (χ0) is 27.0. The number of hydrogen-bond acceptors (Lipinski definition) is 7. The van der Waals surface area contributed by atoms with Crippen LogP contribution >= 0.6 is 7.82 Å². The first-order valence-corrected chi connectivity index (χ1v) is 12.2. The van der Waals surface area contributed by atoms with Crippen LogP contribution < -0.4 is 64.7 Å². The van der Waals surface area contributed by atoms with Gasteiger partial charge in [-0.1, -0.05) is 19.1 Å². The summed E-state index contributed by atoms with van der Waals surface area (Å²) < 4.78 is 58.7. The molecule has 0 aliphatic heterocycles. The van der Waals surface area contributed by atoms with Gasteiger partial charge in [0.2, 0.25) is 5.82 Å². The summed E-state index contributed by atoms with van der Waals surface area (Å²) in [5.74, 6) is -0.218. The minimum Gasteiger partial charge on any atom is -1.00 e. The van der Waals surface area contributed by atoms with Crippen LogP contribution in [0.3, 0.4) is 0 Å². The number of fused-ring (bicyclic) bond motifs is 1. The quantitative estimate of drug-likeness (QED) is 0.163. The third kappa shape index (κ3) is 7.68. The Morgan fingerprint density at radius 2 is 1.92 bits per heavy atom. The van der Waals surface area contributed by atoms with E-state index in [0.717, 1.165) is 21.3 Å². The maximum Gasteiger partial charge on any atom is 1.00 e. The number of phosphoric acid groups is 1. The van der Waals surface area contributed by atoms with Crippen LogP contribution in [-0.4, -0.2) is 38.7 Å². The monoisotopic (exact) mass is 585 g/mol. The first-order valence-electron chi connectivity index (χ1n) is 10.7. The zero-order valence-corrected chi connectivity index (χ0v) is 26.0. The number of rotatable bonds is 8. The second-order valence-electron chi connectivity index (χ2n) is 7.91. The molecule has 0 unspecified atom stereocenters. The molecule has 0 atom stereocenters. The first-order chi connectivity index (χ1) is 17.4. The molecule has 0 spiro atoms. The number of nitrogens with zero attached hydrogens (tertiary/aromatic N) is 7. The van der Waals surface area contributed by atoms with Crippen molar-refractivity contribution in [1.29, 1.82) is 5.26 Å². The Balaban J connectivity index is 0.00000400. The molecule has 198 valence electrons. The van der Waals surface area contributed by atoms with Crippen molar-refractivity contribution < 1.29 is 94.0 Å². The minimum absolute atomic E-state index is 0. The van der Waals surface area contributed by atoms with E-state index in [1.807, 2.05) is 6.07 Å². The van der Waals surface area contributed by atoms with Crippen LogP contribution in [0.1, 0.15) is 33.1 Å². The molecule has 4 aromatic rings. The SMILES string of the molecule is CCCn1c(C#N)nc2c(nc(-c3cnn(Cc4cccc(C(F)(F)F)c4)c3)n2COP(=O)(O)O)c1=O.[H-].[H-].[Na+].[Na+]. The Hall–Kier alpha value is -1.83. The smallest absolute Gasteiger partial charge is 1.00 e. The maximum atomic E-state index is 13.0. The predicted molar refractivity (Wildman–Crippen MR) is 124 cm³/mol. The number of benzene rings is 1. The maximum absolute atomic E-state index is 13.0. The molecule has 3 heterocycles. The molecule has 0 saturated carbocycles. The van der Waals surface area contributed by atoms with Crippen molar-refractivity contribution in [2.45, 2.75) is 39.3 Å². The summed E-state index contributed by atoms with van der Waals surface area (Å²) in [6.45, 7) is 1.21. The zero-order valence-electron chi connectivity index (χ0n) is 23.1. The predicted octanol–water partition coefficient (Wildman–Crippen LogP) is -2.89. The van der Waals surface area contributed by atoms with Crippen molar-refractivity contribution in [2.24, 2.45) is 0 Å². The van der Waals surface area contributed by atoms with Crippen LogP contribution in [0.15, 0.2) is 41.5 Å². The van der Waals surface area contributed by atoms with E-state index in [1.54, 1.807) is 6.92 Å². The number of nitriles is 1. The Bertz CT molecular complexity index is 1640. The van der Waals surface area contributed by atoms with Gasteiger partial charge in [0.1, 0.15) is 18.6 Å². The van der Waals surface area contributed by atoms with Crippen molar-refractivity contribution in [2.75, 3.05) is 0 Å². The van der Waals surface area contributed by atoms with Gasteiger partial charge in [0.25, 0.3) is 5.56 Å². The molecule has 18 heteroatoms.